The van der Waals surface area contributed by atoms with Crippen LogP contribution in [0.25, 0.3) is 0 Å². The molecule has 0 amide bonds. The number of benzene rings is 1. The van der Waals surface area contributed by atoms with E-state index in [1.807, 2.05) is 0 Å². The van der Waals surface area contributed by atoms with E-state index in [9.17, 15) is 0 Å². The number of hydrogen-bond donors (Lipinski definition) is 1. The summed E-state index contributed by atoms with van der Waals surface area (Å²) < 4.78 is 5.75. The summed E-state index contributed by atoms with van der Waals surface area (Å²) in [4.78, 5) is 2.66. The van der Waals surface area contributed by atoms with E-state index in [-0.39, 0.29) is 0 Å². The standard InChI is InChI=1S/C16H22N2O/c1-2-5-13-12(4-1)10-19-11-15(13)17-14-7-9-18-8-3-6-16(14)18/h1-2,4-5,14-17H,3,6-11H2. The van der Waals surface area contributed by atoms with Crippen LogP contribution < -0.4 is 5.32 Å². The zero-order chi connectivity index (χ0) is 12.7. The lowest BCUT2D eigenvalue weighted by molar-refractivity contribution is 0.0769. The van der Waals surface area contributed by atoms with Crippen LogP contribution in [0.1, 0.15) is 36.4 Å². The van der Waals surface area contributed by atoms with Gasteiger partial charge in [-0.2, -0.15) is 0 Å². The van der Waals surface area contributed by atoms with Crippen molar-refractivity contribution in [2.45, 2.75) is 44.0 Å². The van der Waals surface area contributed by atoms with Crippen LogP contribution in [0, 0.1) is 0 Å². The predicted molar refractivity (Wildman–Crippen MR) is 75.0 cm³/mol. The van der Waals surface area contributed by atoms with E-state index in [0.717, 1.165) is 19.3 Å². The van der Waals surface area contributed by atoms with Crippen molar-refractivity contribution in [3.63, 3.8) is 0 Å². The van der Waals surface area contributed by atoms with E-state index in [1.165, 1.54) is 43.5 Å². The molecule has 1 aromatic rings. The van der Waals surface area contributed by atoms with Gasteiger partial charge < -0.3 is 10.1 Å². The Hall–Kier alpha value is -0.900. The summed E-state index contributed by atoms with van der Waals surface area (Å²) in [6.07, 6.45) is 4.04. The molecule has 2 saturated heterocycles. The summed E-state index contributed by atoms with van der Waals surface area (Å²) in [6, 6.07) is 10.5. The SMILES string of the molecule is c1ccc2c(c1)COCC2NC1CCN2CCCC12. The Kier molecular flexibility index (Phi) is 3.06. The van der Waals surface area contributed by atoms with Crippen molar-refractivity contribution < 1.29 is 4.74 Å². The predicted octanol–water partition coefficient (Wildman–Crippen LogP) is 2.08. The molecule has 0 bridgehead atoms. The van der Waals surface area contributed by atoms with Crippen molar-refractivity contribution in [3.8, 4) is 0 Å². The van der Waals surface area contributed by atoms with Crippen LogP contribution in [0.2, 0.25) is 0 Å². The lowest BCUT2D eigenvalue weighted by Gasteiger charge is -2.31. The van der Waals surface area contributed by atoms with Crippen molar-refractivity contribution in [2.75, 3.05) is 19.7 Å². The van der Waals surface area contributed by atoms with E-state index >= 15 is 0 Å². The van der Waals surface area contributed by atoms with Gasteiger partial charge in [-0.3, -0.25) is 4.90 Å². The van der Waals surface area contributed by atoms with E-state index in [1.54, 1.807) is 0 Å². The minimum atomic E-state index is 0.385. The van der Waals surface area contributed by atoms with Crippen LogP contribution in [0.15, 0.2) is 24.3 Å². The number of fused-ring (bicyclic) bond motifs is 2. The Balaban J connectivity index is 1.52. The monoisotopic (exact) mass is 258 g/mol. The van der Waals surface area contributed by atoms with Crippen molar-refractivity contribution in [1.29, 1.82) is 0 Å². The van der Waals surface area contributed by atoms with Crippen LogP contribution in [0.3, 0.4) is 0 Å². The third kappa shape index (κ3) is 2.10. The van der Waals surface area contributed by atoms with Crippen molar-refractivity contribution in [1.82, 2.24) is 10.2 Å². The van der Waals surface area contributed by atoms with Crippen LogP contribution in [0.5, 0.6) is 0 Å². The van der Waals surface area contributed by atoms with Gasteiger partial charge in [-0.15, -0.1) is 0 Å². The molecule has 0 spiro atoms. The van der Waals surface area contributed by atoms with Gasteiger partial charge in [-0.25, -0.2) is 0 Å². The highest BCUT2D eigenvalue weighted by Gasteiger charge is 2.38. The fourth-order valence-electron chi connectivity index (χ4n) is 4.06. The van der Waals surface area contributed by atoms with Crippen molar-refractivity contribution in [2.24, 2.45) is 0 Å². The summed E-state index contributed by atoms with van der Waals surface area (Å²) in [5.74, 6) is 0. The summed E-state index contributed by atoms with van der Waals surface area (Å²) in [5, 5.41) is 3.88. The zero-order valence-corrected chi connectivity index (χ0v) is 11.3. The van der Waals surface area contributed by atoms with Crippen molar-refractivity contribution >= 4 is 0 Å². The van der Waals surface area contributed by atoms with Gasteiger partial charge in [0.2, 0.25) is 0 Å². The van der Waals surface area contributed by atoms with E-state index in [2.05, 4.69) is 34.5 Å². The highest BCUT2D eigenvalue weighted by atomic mass is 16.5. The molecule has 3 heterocycles. The lowest BCUT2D eigenvalue weighted by Crippen LogP contribution is -2.43. The van der Waals surface area contributed by atoms with Crippen LogP contribution in [0.4, 0.5) is 0 Å². The Labute approximate surface area is 114 Å². The summed E-state index contributed by atoms with van der Waals surface area (Å²) >= 11 is 0. The van der Waals surface area contributed by atoms with Crippen molar-refractivity contribution in [3.05, 3.63) is 35.4 Å². The molecule has 0 aromatic heterocycles. The Morgan fingerprint density at radius 3 is 3.11 bits per heavy atom. The fraction of sp³-hybridized carbons (Fsp3) is 0.625. The average molecular weight is 258 g/mol. The van der Waals surface area contributed by atoms with Gasteiger partial charge in [0.05, 0.1) is 19.3 Å². The van der Waals surface area contributed by atoms with Crippen LogP contribution in [-0.4, -0.2) is 36.7 Å². The molecule has 0 radical (unpaired) electrons. The smallest absolute Gasteiger partial charge is 0.0721 e. The van der Waals surface area contributed by atoms with E-state index < -0.39 is 0 Å². The maximum Gasteiger partial charge on any atom is 0.0721 e. The molecular weight excluding hydrogens is 236 g/mol. The summed E-state index contributed by atoms with van der Waals surface area (Å²) in [6.45, 7) is 4.17. The van der Waals surface area contributed by atoms with Crippen LogP contribution in [-0.2, 0) is 11.3 Å². The number of nitrogens with zero attached hydrogens (tertiary/aromatic N) is 1. The molecule has 102 valence electrons. The van der Waals surface area contributed by atoms with Gasteiger partial charge >= 0.3 is 0 Å². The molecule has 0 aliphatic carbocycles. The topological polar surface area (TPSA) is 24.5 Å². The average Bonchev–Trinajstić information content (AvgIpc) is 3.04. The van der Waals surface area contributed by atoms with Gasteiger partial charge in [-0.1, -0.05) is 24.3 Å². The maximum atomic E-state index is 5.75. The molecule has 3 aliphatic rings. The molecule has 0 saturated carbocycles. The molecule has 3 nitrogen and oxygen atoms in total. The summed E-state index contributed by atoms with van der Waals surface area (Å²) in [7, 11) is 0. The normalized spacial score (nSPS) is 34.2. The Morgan fingerprint density at radius 1 is 1.16 bits per heavy atom. The lowest BCUT2D eigenvalue weighted by atomic mass is 9.97. The van der Waals surface area contributed by atoms with Gasteiger partial charge in [0.1, 0.15) is 0 Å². The fourth-order valence-corrected chi connectivity index (χ4v) is 4.06. The molecule has 3 atom stereocenters. The first kappa shape index (κ1) is 11.9. The second-order valence-electron chi connectivity index (χ2n) is 6.07. The number of ether oxygens (including phenoxy) is 1. The third-order valence-corrected chi connectivity index (χ3v) is 4.99. The van der Waals surface area contributed by atoms with Gasteiger partial charge in [-0.05, 0) is 36.9 Å². The molecule has 1 N–H and O–H groups in total. The minimum absolute atomic E-state index is 0.385. The molecule has 3 heteroatoms. The summed E-state index contributed by atoms with van der Waals surface area (Å²) in [5.41, 5.74) is 2.80. The number of hydrogen-bond acceptors (Lipinski definition) is 3. The highest BCUT2D eigenvalue weighted by Crippen LogP contribution is 2.31. The maximum absolute atomic E-state index is 5.75. The van der Waals surface area contributed by atoms with Gasteiger partial charge in [0.25, 0.3) is 0 Å². The molecule has 3 unspecified atom stereocenters. The highest BCUT2D eigenvalue weighted by molar-refractivity contribution is 5.31. The van der Waals surface area contributed by atoms with E-state index in [0.29, 0.717) is 12.1 Å². The Bertz CT molecular complexity index is 462. The first-order valence-electron chi connectivity index (χ1n) is 7.57. The molecule has 1 aromatic carbocycles. The second-order valence-corrected chi connectivity index (χ2v) is 6.07. The molecule has 3 aliphatic heterocycles. The van der Waals surface area contributed by atoms with Crippen LogP contribution >= 0.6 is 0 Å². The van der Waals surface area contributed by atoms with Gasteiger partial charge in [0.15, 0.2) is 0 Å². The molecule has 2 fully saturated rings. The minimum Gasteiger partial charge on any atom is -0.375 e. The number of rotatable bonds is 2. The zero-order valence-electron chi connectivity index (χ0n) is 11.3. The quantitative estimate of drug-likeness (QED) is 0.879. The first-order valence-corrected chi connectivity index (χ1v) is 7.57. The molecule has 4 rings (SSSR count). The second kappa shape index (κ2) is 4.89. The van der Waals surface area contributed by atoms with E-state index in [4.69, 9.17) is 4.74 Å². The van der Waals surface area contributed by atoms with Gasteiger partial charge in [0, 0.05) is 18.6 Å². The Morgan fingerprint density at radius 2 is 2.11 bits per heavy atom. The first-order chi connectivity index (χ1) is 9.42. The number of nitrogens with one attached hydrogen (secondary N) is 1. The molecular formula is C16H22N2O. The largest absolute Gasteiger partial charge is 0.375 e. The third-order valence-electron chi connectivity index (χ3n) is 4.99. The molecule has 19 heavy (non-hydrogen) atoms.